The Hall–Kier alpha value is -2.08. The van der Waals surface area contributed by atoms with Crippen molar-refractivity contribution in [3.05, 3.63) is 69.7 Å². The number of aliphatic hydroxyl groups is 1. The van der Waals surface area contributed by atoms with Crippen LogP contribution in [0.1, 0.15) is 62.5 Å². The number of rotatable bonds is 11. The third-order valence-electron chi connectivity index (χ3n) is 5.74. The zero-order valence-electron chi connectivity index (χ0n) is 21.3. The number of aliphatic imine (C=N–C) groups is 1. The van der Waals surface area contributed by atoms with Crippen molar-refractivity contribution in [3.63, 3.8) is 0 Å². The highest BCUT2D eigenvalue weighted by atomic mass is 35.5. The Bertz CT molecular complexity index is 1150. The molecule has 4 unspecified atom stereocenters. The zero-order valence-corrected chi connectivity index (χ0v) is 24.4. The maximum absolute atomic E-state index is 12.5. The van der Waals surface area contributed by atoms with Gasteiger partial charge in [-0.2, -0.15) is 0 Å². The highest BCUT2D eigenvalue weighted by molar-refractivity contribution is 8.26. The molecule has 0 bridgehead atoms. The first-order valence-electron chi connectivity index (χ1n) is 12.1. The molecule has 2 aromatic carbocycles. The topological polar surface area (TPSA) is 161 Å². The van der Waals surface area contributed by atoms with Crippen LogP contribution in [0.5, 0.6) is 0 Å². The SMILES string of the molecule is CC(C(=O)NC(=N)SC(N)CCCCC(=N)SC(N)=NC(O)C(C)c1ccccc1Cl)c1ccccc1Cl. The number of carbonyl (C=O) groups excluding carboxylic acids is 1. The molecule has 0 aromatic heterocycles. The Labute approximate surface area is 242 Å². The lowest BCUT2D eigenvalue weighted by Gasteiger charge is -2.17. The lowest BCUT2D eigenvalue weighted by Crippen LogP contribution is -2.34. The monoisotopic (exact) mass is 596 g/mol. The lowest BCUT2D eigenvalue weighted by molar-refractivity contribution is -0.120. The number of amidine groups is 2. The molecule has 12 heteroatoms. The second kappa shape index (κ2) is 16.1. The van der Waals surface area contributed by atoms with Gasteiger partial charge in [0.05, 0.1) is 16.3 Å². The fourth-order valence-electron chi connectivity index (χ4n) is 3.51. The van der Waals surface area contributed by atoms with E-state index in [0.29, 0.717) is 39.9 Å². The molecule has 4 atom stereocenters. The van der Waals surface area contributed by atoms with Crippen molar-refractivity contribution in [2.24, 2.45) is 16.5 Å². The van der Waals surface area contributed by atoms with Gasteiger partial charge < -0.3 is 21.9 Å². The van der Waals surface area contributed by atoms with Crippen LogP contribution in [0, 0.1) is 10.8 Å². The van der Waals surface area contributed by atoms with Crippen LogP contribution in [0.2, 0.25) is 10.0 Å². The van der Waals surface area contributed by atoms with E-state index in [4.69, 9.17) is 45.5 Å². The molecule has 1 amide bonds. The quantitative estimate of drug-likeness (QED) is 0.0821. The summed E-state index contributed by atoms with van der Waals surface area (Å²) in [6.07, 6.45) is 1.46. The minimum absolute atomic E-state index is 0.0155. The molecule has 206 valence electrons. The molecule has 2 rings (SSSR count). The van der Waals surface area contributed by atoms with Crippen molar-refractivity contribution in [1.82, 2.24) is 5.32 Å². The standard InChI is InChI=1S/C26H34Cl2N6O2S2/c1-15(17-9-3-5-11-19(17)27)23(35)33-25(31)37-21(29)13-7-8-14-22(30)38-26(32)34-24(36)16(2)18-10-4-6-12-20(18)28/h3-6,9-12,15-16,21,24,30,36H,7-8,13-14,29H2,1-2H3,(H2,32,34)(H2,31,33,35). The number of nitrogens with two attached hydrogens (primary N) is 2. The second-order valence-electron chi connectivity index (χ2n) is 8.68. The largest absolute Gasteiger partial charge is 0.378 e. The summed E-state index contributed by atoms with van der Waals surface area (Å²) in [5, 5.41) is 30.3. The molecule has 0 spiro atoms. The normalized spacial score (nSPS) is 14.8. The highest BCUT2D eigenvalue weighted by Gasteiger charge is 2.20. The van der Waals surface area contributed by atoms with Gasteiger partial charge >= 0.3 is 0 Å². The van der Waals surface area contributed by atoms with Crippen molar-refractivity contribution < 1.29 is 9.90 Å². The number of nitrogens with zero attached hydrogens (tertiary/aromatic N) is 1. The Morgan fingerprint density at radius 2 is 1.63 bits per heavy atom. The highest BCUT2D eigenvalue weighted by Crippen LogP contribution is 2.28. The van der Waals surface area contributed by atoms with Gasteiger partial charge in [-0.05, 0) is 61.2 Å². The maximum Gasteiger partial charge on any atom is 0.233 e. The first-order valence-corrected chi connectivity index (χ1v) is 14.5. The number of amides is 1. The predicted molar refractivity (Wildman–Crippen MR) is 163 cm³/mol. The fraction of sp³-hybridized carbons (Fsp3) is 0.385. The predicted octanol–water partition coefficient (Wildman–Crippen LogP) is 5.87. The second-order valence-corrected chi connectivity index (χ2v) is 11.9. The van der Waals surface area contributed by atoms with Gasteiger partial charge in [0, 0.05) is 16.0 Å². The third-order valence-corrected chi connectivity index (χ3v) is 8.07. The van der Waals surface area contributed by atoms with Crippen molar-refractivity contribution in [3.8, 4) is 0 Å². The van der Waals surface area contributed by atoms with E-state index in [9.17, 15) is 9.90 Å². The molecule has 2 aromatic rings. The lowest BCUT2D eigenvalue weighted by atomic mass is 10.00. The van der Waals surface area contributed by atoms with Crippen molar-refractivity contribution in [2.75, 3.05) is 0 Å². The van der Waals surface area contributed by atoms with Crippen LogP contribution in [-0.2, 0) is 4.79 Å². The van der Waals surface area contributed by atoms with E-state index >= 15 is 0 Å². The number of nitrogens with one attached hydrogen (secondary N) is 3. The van der Waals surface area contributed by atoms with Crippen LogP contribution in [0.3, 0.4) is 0 Å². The molecule has 8 N–H and O–H groups in total. The smallest absolute Gasteiger partial charge is 0.233 e. The van der Waals surface area contributed by atoms with Crippen LogP contribution in [0.25, 0.3) is 0 Å². The molecule has 38 heavy (non-hydrogen) atoms. The first kappa shape index (κ1) is 32.1. The van der Waals surface area contributed by atoms with E-state index in [1.165, 1.54) is 0 Å². The zero-order chi connectivity index (χ0) is 28.2. The van der Waals surface area contributed by atoms with Crippen molar-refractivity contribution >= 4 is 68.0 Å². The van der Waals surface area contributed by atoms with Gasteiger partial charge in [-0.25, -0.2) is 4.99 Å². The Kier molecular flexibility index (Phi) is 13.6. The Morgan fingerprint density at radius 1 is 1.05 bits per heavy atom. The van der Waals surface area contributed by atoms with Gasteiger partial charge in [0.2, 0.25) is 5.91 Å². The van der Waals surface area contributed by atoms with Gasteiger partial charge in [0.15, 0.2) is 16.6 Å². The summed E-state index contributed by atoms with van der Waals surface area (Å²) in [5.74, 6) is -1.17. The summed E-state index contributed by atoms with van der Waals surface area (Å²) >= 11 is 14.5. The molecular weight excluding hydrogens is 563 g/mol. The summed E-state index contributed by atoms with van der Waals surface area (Å²) in [7, 11) is 0. The van der Waals surface area contributed by atoms with E-state index in [-0.39, 0.29) is 27.5 Å². The Morgan fingerprint density at radius 3 is 2.24 bits per heavy atom. The molecule has 0 heterocycles. The van der Waals surface area contributed by atoms with Crippen LogP contribution in [0.4, 0.5) is 0 Å². The molecule has 0 radical (unpaired) electrons. The van der Waals surface area contributed by atoms with Crippen molar-refractivity contribution in [1.29, 1.82) is 10.8 Å². The molecule has 0 aliphatic rings. The summed E-state index contributed by atoms with van der Waals surface area (Å²) in [4.78, 5) is 16.6. The summed E-state index contributed by atoms with van der Waals surface area (Å²) in [5.41, 5.74) is 13.5. The van der Waals surface area contributed by atoms with Crippen LogP contribution >= 0.6 is 46.7 Å². The number of carbonyl (C=O) groups is 1. The van der Waals surface area contributed by atoms with Gasteiger partial charge in [0.25, 0.3) is 0 Å². The van der Waals surface area contributed by atoms with Gasteiger partial charge in [-0.3, -0.25) is 15.6 Å². The third kappa shape index (κ3) is 10.6. The summed E-state index contributed by atoms with van der Waals surface area (Å²) < 4.78 is 0. The van der Waals surface area contributed by atoms with E-state index in [1.807, 2.05) is 31.2 Å². The minimum atomic E-state index is -1.08. The Balaban J connectivity index is 1.68. The van der Waals surface area contributed by atoms with E-state index < -0.39 is 12.1 Å². The molecule has 0 aliphatic heterocycles. The number of aliphatic hydroxyl groups excluding tert-OH is 1. The van der Waals surface area contributed by atoms with E-state index in [2.05, 4.69) is 10.3 Å². The molecular formula is C26H34Cl2N6O2S2. The molecule has 0 aliphatic carbocycles. The fourth-order valence-corrected chi connectivity index (χ4v) is 5.52. The van der Waals surface area contributed by atoms with E-state index in [0.717, 1.165) is 35.5 Å². The maximum atomic E-state index is 12.5. The number of unbranched alkanes of at least 4 members (excludes halogenated alkanes) is 1. The van der Waals surface area contributed by atoms with E-state index in [1.54, 1.807) is 31.2 Å². The number of benzene rings is 2. The summed E-state index contributed by atoms with van der Waals surface area (Å²) in [6, 6.07) is 14.4. The molecule has 0 saturated carbocycles. The average molecular weight is 598 g/mol. The van der Waals surface area contributed by atoms with Crippen LogP contribution in [0.15, 0.2) is 53.5 Å². The van der Waals surface area contributed by atoms with Gasteiger partial charge in [-0.15, -0.1) is 0 Å². The molecule has 0 saturated heterocycles. The number of halogens is 2. The van der Waals surface area contributed by atoms with Crippen LogP contribution in [-0.4, -0.2) is 38.0 Å². The van der Waals surface area contributed by atoms with Crippen molar-refractivity contribution in [2.45, 2.75) is 63.0 Å². The molecule has 8 nitrogen and oxygen atoms in total. The van der Waals surface area contributed by atoms with Gasteiger partial charge in [0.1, 0.15) is 0 Å². The first-order chi connectivity index (χ1) is 18.0. The minimum Gasteiger partial charge on any atom is -0.378 e. The average Bonchev–Trinajstić information content (AvgIpc) is 2.86. The number of hydrogen-bond donors (Lipinski definition) is 6. The van der Waals surface area contributed by atoms with Gasteiger partial charge in [-0.1, -0.05) is 84.7 Å². The summed E-state index contributed by atoms with van der Waals surface area (Å²) in [6.45, 7) is 3.55. The van der Waals surface area contributed by atoms with Crippen LogP contribution < -0.4 is 16.8 Å². The number of hydrogen-bond acceptors (Lipinski definition) is 8. The number of thioether (sulfide) groups is 2. The molecule has 0 fully saturated rings.